The van der Waals surface area contributed by atoms with Crippen molar-refractivity contribution < 1.29 is 80.2 Å². The van der Waals surface area contributed by atoms with Crippen LogP contribution in [-0.4, -0.2) is 96.7 Å². The van der Waals surface area contributed by atoms with Crippen molar-refractivity contribution in [3.8, 4) is 0 Å². The van der Waals surface area contributed by atoms with Gasteiger partial charge < -0.3 is 33.8 Å². The number of phosphoric ester groups is 2. The Kier molecular flexibility index (Phi) is 78.4. The number of phosphoric acid groups is 2. The van der Waals surface area contributed by atoms with E-state index in [0.717, 1.165) is 193 Å². The number of hydrogen-bond acceptors (Lipinski definition) is 15. The zero-order chi connectivity index (χ0) is 81.7. The summed E-state index contributed by atoms with van der Waals surface area (Å²) in [6.45, 7) is 4.40. The van der Waals surface area contributed by atoms with Gasteiger partial charge in [-0.05, 0) is 186 Å². The molecule has 0 aliphatic carbocycles. The molecule has 0 heterocycles. The van der Waals surface area contributed by atoms with E-state index in [-0.39, 0.29) is 25.7 Å². The second-order valence-electron chi connectivity index (χ2n) is 27.6. The number of rotatable bonds is 78. The molecule has 2 unspecified atom stereocenters. The summed E-state index contributed by atoms with van der Waals surface area (Å²) in [6, 6.07) is 0. The number of hydrogen-bond donors (Lipinski definition) is 3. The van der Waals surface area contributed by atoms with Gasteiger partial charge in [-0.25, -0.2) is 9.13 Å². The van der Waals surface area contributed by atoms with Crippen LogP contribution in [0.5, 0.6) is 0 Å². The largest absolute Gasteiger partial charge is 0.472 e. The molecule has 3 N–H and O–H groups in total. The predicted molar refractivity (Wildman–Crippen MR) is 463 cm³/mol. The van der Waals surface area contributed by atoms with E-state index in [4.69, 9.17) is 37.0 Å². The van der Waals surface area contributed by atoms with Crippen LogP contribution < -0.4 is 0 Å². The van der Waals surface area contributed by atoms with Crippen LogP contribution in [0.15, 0.2) is 194 Å². The average Bonchev–Trinajstić information content (AvgIpc) is 0.908. The highest BCUT2D eigenvalue weighted by Crippen LogP contribution is 2.45. The Labute approximate surface area is 678 Å². The van der Waals surface area contributed by atoms with Crippen molar-refractivity contribution in [1.82, 2.24) is 0 Å². The van der Waals surface area contributed by atoms with Gasteiger partial charge in [0, 0.05) is 25.7 Å². The van der Waals surface area contributed by atoms with Gasteiger partial charge >= 0.3 is 39.5 Å². The fourth-order valence-electron chi connectivity index (χ4n) is 10.6. The predicted octanol–water partition coefficient (Wildman–Crippen LogP) is 25.7. The molecule has 17 nitrogen and oxygen atoms in total. The highest BCUT2D eigenvalue weighted by atomic mass is 31.2. The first-order chi connectivity index (χ1) is 54.7. The Hall–Kier alpha value is -6.10. The smallest absolute Gasteiger partial charge is 0.462 e. The van der Waals surface area contributed by atoms with E-state index in [2.05, 4.69) is 222 Å². The maximum absolute atomic E-state index is 13.2. The minimum atomic E-state index is -5.01. The molecule has 0 aromatic rings. The van der Waals surface area contributed by atoms with Crippen molar-refractivity contribution in [2.24, 2.45) is 0 Å². The molecule has 0 aromatic heterocycles. The quantitative estimate of drug-likeness (QED) is 0.0169. The lowest BCUT2D eigenvalue weighted by molar-refractivity contribution is -0.161. The summed E-state index contributed by atoms with van der Waals surface area (Å²) in [7, 11) is -10.0. The van der Waals surface area contributed by atoms with Gasteiger partial charge in [0.05, 0.1) is 26.4 Å². The van der Waals surface area contributed by atoms with Crippen molar-refractivity contribution in [2.75, 3.05) is 39.6 Å². The molecule has 0 spiro atoms. The topological polar surface area (TPSA) is 237 Å². The molecule has 0 bridgehead atoms. The number of unbranched alkanes of at least 4 members (excludes halogenated alkanes) is 20. The minimum absolute atomic E-state index is 0.0390. The standard InChI is InChI=1S/C93H150O17P2/c1-5-9-13-17-21-25-29-33-37-40-43-46-50-54-58-62-66-70-74-78-91(96)104-84-89(110-93(98)80-76-72-68-64-60-56-52-48-45-42-39-35-31-27-23-19-15-11-7-3)86-108-112(101,102)106-82-87(94)81-105-111(99,100)107-85-88(83-103-90(95)77-73-69-65-61-57-53-49-36-32-28-24-20-16-12-8-4)109-92(97)79-75-71-67-63-59-55-51-47-44-41-38-34-30-26-22-18-14-10-6-2/h9-11,13-15,21-23,25-27,33-39,43-49,54-56,58-60,87-89,94H,5-8,12,16-20,24,28-32,40-42,50-53,57,61-86H2,1-4H3,(H,99,100)(H,101,102)/b13-9-,14-10-,15-11-,25-21-,26-22-,27-23-,37-33-,38-34-,39-35-,46-43-,47-44-,48-45-,49-36-,58-54-,59-55-,60-56-/t87-,88+,89+/m0/s1. The summed E-state index contributed by atoms with van der Waals surface area (Å²) in [5.74, 6) is -2.31. The Balaban J connectivity index is 5.52. The molecule has 634 valence electrons. The third kappa shape index (κ3) is 81.9. The van der Waals surface area contributed by atoms with Gasteiger partial charge in [-0.3, -0.25) is 37.3 Å². The number of carbonyl (C=O) groups excluding carboxylic acids is 4. The lowest BCUT2D eigenvalue weighted by Crippen LogP contribution is -2.30. The fraction of sp³-hybridized carbons (Fsp3) is 0.613. The summed E-state index contributed by atoms with van der Waals surface area (Å²) >= 11 is 0. The molecule has 0 aromatic carbocycles. The molecule has 0 aliphatic rings. The van der Waals surface area contributed by atoms with Gasteiger partial charge in [0.15, 0.2) is 12.2 Å². The fourth-order valence-corrected chi connectivity index (χ4v) is 12.2. The molecule has 19 heteroatoms. The van der Waals surface area contributed by atoms with Crippen molar-refractivity contribution in [2.45, 2.75) is 329 Å². The molecule has 0 radical (unpaired) electrons. The van der Waals surface area contributed by atoms with Gasteiger partial charge in [0.1, 0.15) is 19.3 Å². The molecule has 0 aliphatic heterocycles. The number of aliphatic hydroxyl groups is 1. The first kappa shape index (κ1) is 106. The van der Waals surface area contributed by atoms with E-state index < -0.39 is 97.5 Å². The Morgan fingerprint density at radius 2 is 0.464 bits per heavy atom. The van der Waals surface area contributed by atoms with Crippen LogP contribution >= 0.6 is 15.6 Å². The van der Waals surface area contributed by atoms with Crippen molar-refractivity contribution in [1.29, 1.82) is 0 Å². The highest BCUT2D eigenvalue weighted by molar-refractivity contribution is 7.47. The van der Waals surface area contributed by atoms with Gasteiger partial charge in [-0.1, -0.05) is 293 Å². The summed E-state index contributed by atoms with van der Waals surface area (Å²) in [6.07, 6.45) is 102. The third-order valence-electron chi connectivity index (χ3n) is 17.0. The van der Waals surface area contributed by atoms with Crippen LogP contribution in [-0.2, 0) is 65.4 Å². The monoisotopic (exact) mass is 1600 g/mol. The molecule has 0 saturated heterocycles. The number of ether oxygens (including phenoxy) is 4. The maximum atomic E-state index is 13.2. The summed E-state index contributed by atoms with van der Waals surface area (Å²) in [5.41, 5.74) is 0. The molecule has 112 heavy (non-hydrogen) atoms. The average molecular weight is 1600 g/mol. The Morgan fingerprint density at radius 1 is 0.259 bits per heavy atom. The second-order valence-corrected chi connectivity index (χ2v) is 30.5. The van der Waals surface area contributed by atoms with Crippen LogP contribution in [0.3, 0.4) is 0 Å². The normalized spacial score (nSPS) is 14.7. The third-order valence-corrected chi connectivity index (χ3v) is 18.9. The number of allylic oxidation sites excluding steroid dienone is 32. The molecule has 0 amide bonds. The molecule has 0 saturated carbocycles. The number of carbonyl (C=O) groups is 4. The lowest BCUT2D eigenvalue weighted by atomic mass is 10.1. The van der Waals surface area contributed by atoms with Crippen LogP contribution in [0.25, 0.3) is 0 Å². The lowest BCUT2D eigenvalue weighted by Gasteiger charge is -2.21. The van der Waals surface area contributed by atoms with Crippen LogP contribution in [0.1, 0.15) is 310 Å². The van der Waals surface area contributed by atoms with Crippen LogP contribution in [0.2, 0.25) is 0 Å². The van der Waals surface area contributed by atoms with Gasteiger partial charge in [0.2, 0.25) is 0 Å². The number of esters is 4. The first-order valence-corrected chi connectivity index (χ1v) is 45.7. The molecular formula is C93H150O17P2. The molecule has 5 atom stereocenters. The zero-order valence-corrected chi connectivity index (χ0v) is 71.3. The van der Waals surface area contributed by atoms with Crippen LogP contribution in [0.4, 0.5) is 0 Å². The molecular weight excluding hydrogens is 1450 g/mol. The zero-order valence-electron chi connectivity index (χ0n) is 69.5. The van der Waals surface area contributed by atoms with E-state index in [1.54, 1.807) is 0 Å². The maximum Gasteiger partial charge on any atom is 0.472 e. The van der Waals surface area contributed by atoms with Gasteiger partial charge in [-0.15, -0.1) is 0 Å². The van der Waals surface area contributed by atoms with Crippen molar-refractivity contribution in [3.05, 3.63) is 194 Å². The number of aliphatic hydroxyl groups excluding tert-OH is 1. The minimum Gasteiger partial charge on any atom is -0.462 e. The molecule has 0 rings (SSSR count). The van der Waals surface area contributed by atoms with E-state index >= 15 is 0 Å². The molecule has 0 fully saturated rings. The summed E-state index contributed by atoms with van der Waals surface area (Å²) in [5, 5.41) is 10.7. The van der Waals surface area contributed by atoms with Gasteiger partial charge in [0.25, 0.3) is 0 Å². The van der Waals surface area contributed by atoms with Crippen molar-refractivity contribution in [3.63, 3.8) is 0 Å². The highest BCUT2D eigenvalue weighted by Gasteiger charge is 2.30. The summed E-state index contributed by atoms with van der Waals surface area (Å²) in [4.78, 5) is 73.3. The Bertz CT molecular complexity index is 2890. The first-order valence-electron chi connectivity index (χ1n) is 42.7. The van der Waals surface area contributed by atoms with Gasteiger partial charge in [-0.2, -0.15) is 0 Å². The van der Waals surface area contributed by atoms with Crippen molar-refractivity contribution >= 4 is 39.5 Å². The second kappa shape index (κ2) is 82.9. The van der Waals surface area contributed by atoms with E-state index in [1.807, 2.05) is 0 Å². The van der Waals surface area contributed by atoms with E-state index in [1.165, 1.54) is 38.5 Å². The van der Waals surface area contributed by atoms with E-state index in [0.29, 0.717) is 25.7 Å². The van der Waals surface area contributed by atoms with Crippen LogP contribution in [0, 0.1) is 0 Å². The SMILES string of the molecule is CC/C=C\C/C=C\C/C=C\C/C=C\C/C=C\CCCCCC(=O)OC[C@H](COP(=O)(O)OC[C@@H](O)COP(=O)(O)OC[C@@H](COC(=O)CCCCCCC/C=C\CCCCCCCC)OC(=O)CCCCC/C=C\C/C=C\C/C=C\C/C=C\C/C=C\CC)OC(=O)CCCCC/C=C\C/C=C\C/C=C\C/C=C\C/C=C\CC. The van der Waals surface area contributed by atoms with E-state index in [9.17, 15) is 43.2 Å². The Morgan fingerprint density at radius 3 is 0.732 bits per heavy atom. The summed E-state index contributed by atoms with van der Waals surface area (Å²) < 4.78 is 68.7.